The van der Waals surface area contributed by atoms with E-state index in [4.69, 9.17) is 5.73 Å². The van der Waals surface area contributed by atoms with Gasteiger partial charge in [0.1, 0.15) is 5.69 Å². The average Bonchev–Trinajstić information content (AvgIpc) is 3.06. The molecule has 21 heavy (non-hydrogen) atoms. The summed E-state index contributed by atoms with van der Waals surface area (Å²) < 4.78 is 1.92. The predicted molar refractivity (Wildman–Crippen MR) is 88.8 cm³/mol. The lowest BCUT2D eigenvalue weighted by atomic mass is 9.91. The molecule has 0 aromatic carbocycles. The third kappa shape index (κ3) is 3.67. The summed E-state index contributed by atoms with van der Waals surface area (Å²) in [5.74, 6) is -0.0650. The van der Waals surface area contributed by atoms with Crippen LogP contribution in [0.15, 0.2) is 29.8 Å². The quantitative estimate of drug-likeness (QED) is 0.860. The minimum Gasteiger partial charge on any atom is -0.397 e. The normalized spacial score (nSPS) is 11.6. The average molecular weight is 305 g/mol. The molecule has 1 amide bonds. The van der Waals surface area contributed by atoms with Gasteiger partial charge in [0.05, 0.1) is 5.69 Å². The molecule has 0 atom stereocenters. The standard InChI is InChI=1S/C16H23N3OS/c1-4-7-19-10-12(17)9-13(19)15(20)18-11-16(2,3)14-6-5-8-21-14/h5-6,8-10H,4,7,11,17H2,1-3H3,(H,18,20). The van der Waals surface area contributed by atoms with Gasteiger partial charge >= 0.3 is 0 Å². The van der Waals surface area contributed by atoms with Crippen molar-refractivity contribution in [2.75, 3.05) is 12.3 Å². The van der Waals surface area contributed by atoms with Gasteiger partial charge in [-0.3, -0.25) is 4.79 Å². The molecule has 5 heteroatoms. The topological polar surface area (TPSA) is 60.0 Å². The molecule has 0 unspecified atom stereocenters. The van der Waals surface area contributed by atoms with Gasteiger partial charge in [-0.1, -0.05) is 26.8 Å². The lowest BCUT2D eigenvalue weighted by Gasteiger charge is -2.23. The number of aryl methyl sites for hydroxylation is 1. The molecule has 2 heterocycles. The van der Waals surface area contributed by atoms with Crippen molar-refractivity contribution in [1.82, 2.24) is 9.88 Å². The number of rotatable bonds is 6. The van der Waals surface area contributed by atoms with E-state index in [1.165, 1.54) is 4.88 Å². The van der Waals surface area contributed by atoms with E-state index < -0.39 is 0 Å². The van der Waals surface area contributed by atoms with Crippen molar-refractivity contribution in [2.45, 2.75) is 39.2 Å². The number of hydrogen-bond acceptors (Lipinski definition) is 3. The zero-order valence-corrected chi connectivity index (χ0v) is 13.7. The summed E-state index contributed by atoms with van der Waals surface area (Å²) in [6, 6.07) is 5.88. The Morgan fingerprint density at radius 3 is 2.86 bits per heavy atom. The van der Waals surface area contributed by atoms with Crippen molar-refractivity contribution >= 4 is 22.9 Å². The first-order valence-electron chi connectivity index (χ1n) is 7.22. The molecule has 0 spiro atoms. The highest BCUT2D eigenvalue weighted by Crippen LogP contribution is 2.26. The van der Waals surface area contributed by atoms with Crippen molar-refractivity contribution in [3.8, 4) is 0 Å². The highest BCUT2D eigenvalue weighted by atomic mass is 32.1. The van der Waals surface area contributed by atoms with Crippen LogP contribution in [0, 0.1) is 0 Å². The summed E-state index contributed by atoms with van der Waals surface area (Å²) in [6.45, 7) is 7.76. The van der Waals surface area contributed by atoms with Crippen LogP contribution in [-0.2, 0) is 12.0 Å². The first-order valence-corrected chi connectivity index (χ1v) is 8.10. The number of hydrogen-bond donors (Lipinski definition) is 2. The number of anilines is 1. The molecule has 4 nitrogen and oxygen atoms in total. The second-order valence-corrected chi connectivity index (χ2v) is 6.84. The molecule has 0 radical (unpaired) electrons. The minimum atomic E-state index is -0.0719. The molecule has 0 aliphatic carbocycles. The fourth-order valence-corrected chi connectivity index (χ4v) is 3.14. The molecule has 2 aromatic heterocycles. The molecular weight excluding hydrogens is 282 g/mol. The second-order valence-electron chi connectivity index (χ2n) is 5.90. The van der Waals surface area contributed by atoms with Crippen LogP contribution in [0.4, 0.5) is 5.69 Å². The number of thiophene rings is 1. The van der Waals surface area contributed by atoms with Crippen LogP contribution in [0.1, 0.15) is 42.6 Å². The maximum atomic E-state index is 12.4. The van der Waals surface area contributed by atoms with Crippen molar-refractivity contribution in [2.24, 2.45) is 0 Å². The number of aromatic nitrogens is 1. The predicted octanol–water partition coefficient (Wildman–Crippen LogP) is 3.25. The molecule has 0 saturated carbocycles. The SMILES string of the molecule is CCCn1cc(N)cc1C(=O)NCC(C)(C)c1cccs1. The molecule has 2 rings (SSSR count). The van der Waals surface area contributed by atoms with E-state index in [-0.39, 0.29) is 11.3 Å². The molecule has 2 aromatic rings. The third-order valence-corrected chi connectivity index (χ3v) is 4.73. The van der Waals surface area contributed by atoms with Crippen molar-refractivity contribution in [1.29, 1.82) is 0 Å². The van der Waals surface area contributed by atoms with Crippen LogP contribution in [0.3, 0.4) is 0 Å². The zero-order valence-electron chi connectivity index (χ0n) is 12.8. The third-order valence-electron chi connectivity index (χ3n) is 3.49. The number of carbonyl (C=O) groups is 1. The summed E-state index contributed by atoms with van der Waals surface area (Å²) in [5.41, 5.74) is 7.00. The van der Waals surface area contributed by atoms with Gasteiger partial charge in [0.15, 0.2) is 0 Å². The van der Waals surface area contributed by atoms with Gasteiger partial charge in [-0.25, -0.2) is 0 Å². The summed E-state index contributed by atoms with van der Waals surface area (Å²) in [6.07, 6.45) is 2.79. The molecule has 3 N–H and O–H groups in total. The molecule has 0 fully saturated rings. The summed E-state index contributed by atoms with van der Waals surface area (Å²) in [7, 11) is 0. The lowest BCUT2D eigenvalue weighted by molar-refractivity contribution is 0.0936. The zero-order chi connectivity index (χ0) is 15.5. The monoisotopic (exact) mass is 305 g/mol. The summed E-state index contributed by atoms with van der Waals surface area (Å²) >= 11 is 1.72. The molecule has 0 saturated heterocycles. The smallest absolute Gasteiger partial charge is 0.268 e. The van der Waals surface area contributed by atoms with Gasteiger partial charge in [0.25, 0.3) is 5.91 Å². The fraction of sp³-hybridized carbons (Fsp3) is 0.438. The van der Waals surface area contributed by atoms with E-state index in [1.54, 1.807) is 17.4 Å². The van der Waals surface area contributed by atoms with Gasteiger partial charge in [-0.15, -0.1) is 11.3 Å². The first kappa shape index (κ1) is 15.6. The van der Waals surface area contributed by atoms with E-state index in [0.29, 0.717) is 17.9 Å². The van der Waals surface area contributed by atoms with E-state index in [2.05, 4.69) is 37.5 Å². The van der Waals surface area contributed by atoms with E-state index in [1.807, 2.05) is 16.8 Å². The Hall–Kier alpha value is -1.75. The number of nitrogens with two attached hydrogens (primary N) is 1. The van der Waals surface area contributed by atoms with Crippen LogP contribution in [0.2, 0.25) is 0 Å². The molecule has 0 aliphatic heterocycles. The number of nitrogen functional groups attached to an aromatic ring is 1. The Bertz CT molecular complexity index is 599. The van der Waals surface area contributed by atoms with E-state index >= 15 is 0 Å². The summed E-state index contributed by atoms with van der Waals surface area (Å²) in [5, 5.41) is 5.09. The van der Waals surface area contributed by atoms with Crippen LogP contribution in [-0.4, -0.2) is 17.0 Å². The molecule has 0 aliphatic rings. The van der Waals surface area contributed by atoms with Crippen LogP contribution < -0.4 is 11.1 Å². The Morgan fingerprint density at radius 2 is 2.24 bits per heavy atom. The number of amides is 1. The second kappa shape index (κ2) is 6.35. The van der Waals surface area contributed by atoms with Crippen molar-refractivity contribution < 1.29 is 4.79 Å². The van der Waals surface area contributed by atoms with Gasteiger partial charge < -0.3 is 15.6 Å². The van der Waals surface area contributed by atoms with Crippen LogP contribution in [0.5, 0.6) is 0 Å². The maximum absolute atomic E-state index is 12.4. The Kier molecular flexibility index (Phi) is 4.73. The Balaban J connectivity index is 2.05. The van der Waals surface area contributed by atoms with E-state index in [9.17, 15) is 4.79 Å². The van der Waals surface area contributed by atoms with Crippen LogP contribution >= 0.6 is 11.3 Å². The van der Waals surface area contributed by atoms with Gasteiger partial charge in [0, 0.05) is 29.6 Å². The number of carbonyl (C=O) groups excluding carboxylic acids is 1. The Labute approximate surface area is 130 Å². The van der Waals surface area contributed by atoms with Gasteiger partial charge in [-0.05, 0) is 23.9 Å². The number of nitrogens with zero attached hydrogens (tertiary/aromatic N) is 1. The van der Waals surface area contributed by atoms with Crippen LogP contribution in [0.25, 0.3) is 0 Å². The minimum absolute atomic E-state index is 0.0650. The van der Waals surface area contributed by atoms with Crippen molar-refractivity contribution in [3.63, 3.8) is 0 Å². The van der Waals surface area contributed by atoms with Gasteiger partial charge in [0.2, 0.25) is 0 Å². The van der Waals surface area contributed by atoms with Crippen molar-refractivity contribution in [3.05, 3.63) is 40.3 Å². The molecule has 0 bridgehead atoms. The highest BCUT2D eigenvalue weighted by Gasteiger charge is 2.23. The highest BCUT2D eigenvalue weighted by molar-refractivity contribution is 7.10. The molecule has 114 valence electrons. The largest absolute Gasteiger partial charge is 0.397 e. The molecular formula is C16H23N3OS. The first-order chi connectivity index (χ1) is 9.94. The fourth-order valence-electron chi connectivity index (χ4n) is 2.29. The van der Waals surface area contributed by atoms with E-state index in [0.717, 1.165) is 13.0 Å². The summed E-state index contributed by atoms with van der Waals surface area (Å²) in [4.78, 5) is 13.7. The van der Waals surface area contributed by atoms with Gasteiger partial charge in [-0.2, -0.15) is 0 Å². The Morgan fingerprint density at radius 1 is 1.48 bits per heavy atom. The maximum Gasteiger partial charge on any atom is 0.268 e. The lowest BCUT2D eigenvalue weighted by Crippen LogP contribution is -2.37. The number of nitrogens with one attached hydrogen (secondary N) is 1.